The van der Waals surface area contributed by atoms with Gasteiger partial charge < -0.3 is 5.32 Å². The molecule has 1 N–H and O–H groups in total. The molecule has 0 aromatic heterocycles. The van der Waals surface area contributed by atoms with Crippen LogP contribution in [0.4, 0.5) is 0 Å². The first-order valence-corrected chi connectivity index (χ1v) is 6.28. The van der Waals surface area contributed by atoms with E-state index in [4.69, 9.17) is 0 Å². The standard InChI is InChI=1S/C15H23NO/c1-15(2,3)16-12-11-14(17)10-9-13-7-5-4-6-8-13/h4-8,16H,9-12H2,1-3H3. The Labute approximate surface area is 104 Å². The van der Waals surface area contributed by atoms with Gasteiger partial charge in [-0.05, 0) is 32.8 Å². The fourth-order valence-electron chi connectivity index (χ4n) is 1.63. The molecule has 1 rings (SSSR count). The van der Waals surface area contributed by atoms with Crippen molar-refractivity contribution in [3.8, 4) is 0 Å². The summed E-state index contributed by atoms with van der Waals surface area (Å²) in [6, 6.07) is 10.2. The minimum atomic E-state index is 0.0969. The average Bonchev–Trinajstić information content (AvgIpc) is 2.26. The lowest BCUT2D eigenvalue weighted by Crippen LogP contribution is -2.37. The van der Waals surface area contributed by atoms with Crippen LogP contribution in [0, 0.1) is 0 Å². The van der Waals surface area contributed by atoms with E-state index in [1.54, 1.807) is 0 Å². The Morgan fingerprint density at radius 1 is 1.12 bits per heavy atom. The fourth-order valence-corrected chi connectivity index (χ4v) is 1.63. The molecule has 0 saturated heterocycles. The zero-order valence-electron chi connectivity index (χ0n) is 11.1. The van der Waals surface area contributed by atoms with Gasteiger partial charge in [0, 0.05) is 24.9 Å². The van der Waals surface area contributed by atoms with Gasteiger partial charge >= 0.3 is 0 Å². The highest BCUT2D eigenvalue weighted by Gasteiger charge is 2.09. The molecule has 0 spiro atoms. The highest BCUT2D eigenvalue weighted by atomic mass is 16.1. The summed E-state index contributed by atoms with van der Waals surface area (Å²) in [5, 5.41) is 3.33. The molecule has 0 amide bonds. The van der Waals surface area contributed by atoms with Crippen molar-refractivity contribution in [3.05, 3.63) is 35.9 Å². The van der Waals surface area contributed by atoms with E-state index in [9.17, 15) is 4.79 Å². The number of aryl methyl sites for hydroxylation is 1. The van der Waals surface area contributed by atoms with E-state index in [-0.39, 0.29) is 5.54 Å². The maximum Gasteiger partial charge on any atom is 0.134 e. The molecule has 0 aliphatic heterocycles. The van der Waals surface area contributed by atoms with Crippen LogP contribution in [0.3, 0.4) is 0 Å². The SMILES string of the molecule is CC(C)(C)NCCC(=O)CCc1ccccc1. The van der Waals surface area contributed by atoms with E-state index in [1.165, 1.54) is 5.56 Å². The van der Waals surface area contributed by atoms with Crippen LogP contribution in [0.1, 0.15) is 39.2 Å². The third-order valence-corrected chi connectivity index (χ3v) is 2.59. The molecule has 0 heterocycles. The van der Waals surface area contributed by atoms with Gasteiger partial charge in [-0.1, -0.05) is 30.3 Å². The Bertz CT molecular complexity index is 338. The van der Waals surface area contributed by atoms with E-state index in [0.29, 0.717) is 18.6 Å². The van der Waals surface area contributed by atoms with Crippen LogP contribution >= 0.6 is 0 Å². The van der Waals surface area contributed by atoms with Crippen molar-refractivity contribution in [1.82, 2.24) is 5.32 Å². The van der Waals surface area contributed by atoms with E-state index in [0.717, 1.165) is 13.0 Å². The maximum atomic E-state index is 11.7. The minimum absolute atomic E-state index is 0.0969. The molecule has 94 valence electrons. The summed E-state index contributed by atoms with van der Waals surface area (Å²) in [4.78, 5) is 11.7. The fraction of sp³-hybridized carbons (Fsp3) is 0.533. The molecule has 0 fully saturated rings. The number of carbonyl (C=O) groups excluding carboxylic acids is 1. The second kappa shape index (κ2) is 6.55. The molecule has 1 aromatic rings. The molecule has 17 heavy (non-hydrogen) atoms. The van der Waals surface area contributed by atoms with Crippen LogP contribution in [0.15, 0.2) is 30.3 Å². The number of benzene rings is 1. The largest absolute Gasteiger partial charge is 0.312 e. The number of hydrogen-bond acceptors (Lipinski definition) is 2. The van der Waals surface area contributed by atoms with Crippen LogP contribution < -0.4 is 5.32 Å². The quantitative estimate of drug-likeness (QED) is 0.818. The summed E-state index contributed by atoms with van der Waals surface area (Å²) in [6.07, 6.45) is 2.13. The van der Waals surface area contributed by atoms with Crippen molar-refractivity contribution in [1.29, 1.82) is 0 Å². The smallest absolute Gasteiger partial charge is 0.134 e. The van der Waals surface area contributed by atoms with Crippen molar-refractivity contribution >= 4 is 5.78 Å². The predicted molar refractivity (Wildman–Crippen MR) is 72.1 cm³/mol. The van der Waals surface area contributed by atoms with Crippen LogP contribution in [-0.4, -0.2) is 17.9 Å². The first kappa shape index (κ1) is 13.9. The van der Waals surface area contributed by atoms with Gasteiger partial charge in [0.2, 0.25) is 0 Å². The van der Waals surface area contributed by atoms with Gasteiger partial charge in [0.1, 0.15) is 5.78 Å². The summed E-state index contributed by atoms with van der Waals surface area (Å²) in [7, 11) is 0. The minimum Gasteiger partial charge on any atom is -0.312 e. The van der Waals surface area contributed by atoms with Gasteiger partial charge in [0.15, 0.2) is 0 Å². The van der Waals surface area contributed by atoms with Gasteiger partial charge in [-0.3, -0.25) is 4.79 Å². The molecular weight excluding hydrogens is 210 g/mol. The number of carbonyl (C=O) groups is 1. The highest BCUT2D eigenvalue weighted by molar-refractivity contribution is 5.78. The molecule has 0 radical (unpaired) electrons. The van der Waals surface area contributed by atoms with Crippen molar-refractivity contribution in [3.63, 3.8) is 0 Å². The van der Waals surface area contributed by atoms with Crippen LogP contribution in [-0.2, 0) is 11.2 Å². The molecule has 0 bridgehead atoms. The first-order chi connectivity index (χ1) is 7.97. The number of hydrogen-bond donors (Lipinski definition) is 1. The van der Waals surface area contributed by atoms with Crippen molar-refractivity contribution in [2.75, 3.05) is 6.54 Å². The van der Waals surface area contributed by atoms with E-state index in [2.05, 4.69) is 38.2 Å². The van der Waals surface area contributed by atoms with Gasteiger partial charge in [0.25, 0.3) is 0 Å². The van der Waals surface area contributed by atoms with Gasteiger partial charge in [0.05, 0.1) is 0 Å². The molecule has 0 atom stereocenters. The van der Waals surface area contributed by atoms with E-state index in [1.807, 2.05) is 18.2 Å². The van der Waals surface area contributed by atoms with Crippen molar-refractivity contribution in [2.45, 2.75) is 45.6 Å². The molecule has 0 saturated carbocycles. The zero-order chi connectivity index (χ0) is 12.7. The normalized spacial score (nSPS) is 11.5. The highest BCUT2D eigenvalue weighted by Crippen LogP contribution is 2.04. The summed E-state index contributed by atoms with van der Waals surface area (Å²) in [6.45, 7) is 7.11. The second-order valence-corrected chi connectivity index (χ2v) is 5.45. The summed E-state index contributed by atoms with van der Waals surface area (Å²) in [5.41, 5.74) is 1.34. The Hall–Kier alpha value is -1.15. The summed E-state index contributed by atoms with van der Waals surface area (Å²) in [5.74, 6) is 0.339. The van der Waals surface area contributed by atoms with Crippen LogP contribution in [0.25, 0.3) is 0 Å². The molecule has 0 aliphatic carbocycles. The van der Waals surface area contributed by atoms with Crippen molar-refractivity contribution < 1.29 is 4.79 Å². The Morgan fingerprint density at radius 3 is 2.35 bits per heavy atom. The average molecular weight is 233 g/mol. The Morgan fingerprint density at radius 2 is 1.76 bits per heavy atom. The lowest BCUT2D eigenvalue weighted by molar-refractivity contribution is -0.119. The lowest BCUT2D eigenvalue weighted by atomic mass is 10.1. The third-order valence-electron chi connectivity index (χ3n) is 2.59. The zero-order valence-corrected chi connectivity index (χ0v) is 11.1. The predicted octanol–water partition coefficient (Wildman–Crippen LogP) is 2.97. The number of rotatable bonds is 6. The summed E-state index contributed by atoms with van der Waals surface area (Å²) < 4.78 is 0. The summed E-state index contributed by atoms with van der Waals surface area (Å²) >= 11 is 0. The van der Waals surface area contributed by atoms with Crippen LogP contribution in [0.5, 0.6) is 0 Å². The molecule has 0 unspecified atom stereocenters. The monoisotopic (exact) mass is 233 g/mol. The van der Waals surface area contributed by atoms with Crippen molar-refractivity contribution in [2.24, 2.45) is 0 Å². The third kappa shape index (κ3) is 6.90. The van der Waals surface area contributed by atoms with Gasteiger partial charge in [-0.2, -0.15) is 0 Å². The Kier molecular flexibility index (Phi) is 5.36. The van der Waals surface area contributed by atoms with Crippen LogP contribution in [0.2, 0.25) is 0 Å². The first-order valence-electron chi connectivity index (χ1n) is 6.28. The number of Topliss-reactive ketones (excluding diaryl/α,β-unsaturated/α-hetero) is 1. The van der Waals surface area contributed by atoms with Gasteiger partial charge in [-0.15, -0.1) is 0 Å². The topological polar surface area (TPSA) is 29.1 Å². The number of ketones is 1. The lowest BCUT2D eigenvalue weighted by Gasteiger charge is -2.20. The maximum absolute atomic E-state index is 11.7. The molecule has 2 heteroatoms. The molecular formula is C15H23NO. The second-order valence-electron chi connectivity index (χ2n) is 5.45. The molecule has 2 nitrogen and oxygen atoms in total. The van der Waals surface area contributed by atoms with Gasteiger partial charge in [-0.25, -0.2) is 0 Å². The molecule has 1 aromatic carbocycles. The van der Waals surface area contributed by atoms with E-state index >= 15 is 0 Å². The Balaban J connectivity index is 2.18. The molecule has 0 aliphatic rings. The number of nitrogens with one attached hydrogen (secondary N) is 1. The van der Waals surface area contributed by atoms with E-state index < -0.39 is 0 Å².